The van der Waals surface area contributed by atoms with Gasteiger partial charge in [-0.05, 0) is 0 Å². The average Bonchev–Trinajstić information content (AvgIpc) is 1.90. The molecule has 10 heavy (non-hydrogen) atoms. The zero-order valence-electron chi connectivity index (χ0n) is 6.00. The van der Waals surface area contributed by atoms with Gasteiger partial charge in [-0.25, -0.2) is 0 Å². The molecule has 1 heterocycles. The Hall–Kier alpha value is -0.173. The van der Waals surface area contributed by atoms with Crippen LogP contribution in [0.4, 0.5) is 4.79 Å². The van der Waals surface area contributed by atoms with Gasteiger partial charge in [0.15, 0.2) is 0 Å². The number of hydrogen-bond acceptors (Lipinski definition) is 3. The standard InChI is InChI=1S/C5H9NO3.Li/c7-5(8)6-1-3-9-4-2-6;/h1-4H2,(H,7,8);/q;+1/p-1. The summed E-state index contributed by atoms with van der Waals surface area (Å²) in [5, 5.41) is 10.1. The number of ether oxygens (including phenoxy) is 1. The van der Waals surface area contributed by atoms with E-state index in [2.05, 4.69) is 0 Å². The zero-order chi connectivity index (χ0) is 6.69. The molecular formula is C5H8LiNO3. The molecule has 0 saturated carbocycles. The molecule has 0 aromatic rings. The second-order valence-electron chi connectivity index (χ2n) is 1.87. The van der Waals surface area contributed by atoms with E-state index in [4.69, 9.17) is 4.74 Å². The second-order valence-corrected chi connectivity index (χ2v) is 1.87. The van der Waals surface area contributed by atoms with Crippen LogP contribution < -0.4 is 24.0 Å². The number of carboxylic acid groups (broad SMARTS) is 1. The minimum atomic E-state index is -1.10. The topological polar surface area (TPSA) is 52.6 Å². The maximum Gasteiger partial charge on any atom is 1.00 e. The second kappa shape index (κ2) is 4.61. The molecule has 1 rings (SSSR count). The summed E-state index contributed by atoms with van der Waals surface area (Å²) in [6.07, 6.45) is -1.10. The van der Waals surface area contributed by atoms with Crippen molar-refractivity contribution < 1.29 is 33.5 Å². The van der Waals surface area contributed by atoms with E-state index in [1.54, 1.807) is 0 Å². The number of morpholine rings is 1. The molecule has 0 unspecified atom stereocenters. The molecule has 0 aromatic heterocycles. The Kier molecular flexibility index (Phi) is 4.53. The van der Waals surface area contributed by atoms with E-state index in [9.17, 15) is 9.90 Å². The Morgan fingerprint density at radius 3 is 2.20 bits per heavy atom. The molecule has 4 nitrogen and oxygen atoms in total. The first-order valence-electron chi connectivity index (χ1n) is 2.84. The summed E-state index contributed by atoms with van der Waals surface area (Å²) in [7, 11) is 0. The van der Waals surface area contributed by atoms with Crippen molar-refractivity contribution in [2.24, 2.45) is 0 Å². The van der Waals surface area contributed by atoms with Gasteiger partial charge in [0.25, 0.3) is 0 Å². The molecule has 52 valence electrons. The summed E-state index contributed by atoms with van der Waals surface area (Å²) in [5.41, 5.74) is 0. The summed E-state index contributed by atoms with van der Waals surface area (Å²) < 4.78 is 4.92. The van der Waals surface area contributed by atoms with Crippen LogP contribution in [0.3, 0.4) is 0 Å². The summed E-state index contributed by atoms with van der Waals surface area (Å²) in [6, 6.07) is 0. The van der Waals surface area contributed by atoms with Crippen LogP contribution in [0.5, 0.6) is 0 Å². The molecule has 1 saturated heterocycles. The normalized spacial score (nSPS) is 17.8. The molecule has 1 fully saturated rings. The summed E-state index contributed by atoms with van der Waals surface area (Å²) in [4.78, 5) is 11.4. The summed E-state index contributed by atoms with van der Waals surface area (Å²) in [5.74, 6) is 0. The van der Waals surface area contributed by atoms with E-state index in [0.717, 1.165) is 0 Å². The van der Waals surface area contributed by atoms with Crippen molar-refractivity contribution in [1.29, 1.82) is 0 Å². The van der Waals surface area contributed by atoms with Gasteiger partial charge in [-0.3, -0.25) is 0 Å². The third kappa shape index (κ3) is 2.61. The van der Waals surface area contributed by atoms with Gasteiger partial charge in [0, 0.05) is 13.1 Å². The van der Waals surface area contributed by atoms with Gasteiger partial charge in [0.1, 0.15) is 6.09 Å². The predicted octanol–water partition coefficient (Wildman–Crippen LogP) is -4.33. The van der Waals surface area contributed by atoms with Crippen LogP contribution in [0.2, 0.25) is 0 Å². The molecule has 1 amide bonds. The van der Waals surface area contributed by atoms with Crippen molar-refractivity contribution in [3.05, 3.63) is 0 Å². The maximum atomic E-state index is 10.1. The van der Waals surface area contributed by atoms with Gasteiger partial charge < -0.3 is 19.5 Å². The van der Waals surface area contributed by atoms with Crippen LogP contribution in [-0.4, -0.2) is 37.3 Å². The fraction of sp³-hybridized carbons (Fsp3) is 0.800. The molecule has 0 atom stereocenters. The van der Waals surface area contributed by atoms with E-state index in [1.165, 1.54) is 4.90 Å². The molecule has 0 bridgehead atoms. The van der Waals surface area contributed by atoms with E-state index < -0.39 is 6.09 Å². The van der Waals surface area contributed by atoms with Gasteiger partial charge in [-0.2, -0.15) is 0 Å². The quantitative estimate of drug-likeness (QED) is 0.317. The van der Waals surface area contributed by atoms with Crippen molar-refractivity contribution in [2.45, 2.75) is 0 Å². The van der Waals surface area contributed by atoms with Crippen molar-refractivity contribution in [1.82, 2.24) is 4.90 Å². The third-order valence-electron chi connectivity index (χ3n) is 1.27. The summed E-state index contributed by atoms with van der Waals surface area (Å²) in [6.45, 7) is 1.88. The largest absolute Gasteiger partial charge is 1.00 e. The number of carbonyl (C=O) groups excluding carboxylic acids is 1. The monoisotopic (exact) mass is 137 g/mol. The number of carbonyl (C=O) groups is 1. The molecular weight excluding hydrogens is 129 g/mol. The molecule has 0 aromatic carbocycles. The van der Waals surface area contributed by atoms with E-state index in [-0.39, 0.29) is 18.9 Å². The van der Waals surface area contributed by atoms with E-state index >= 15 is 0 Å². The smallest absolute Gasteiger partial charge is 0.530 e. The van der Waals surface area contributed by atoms with Crippen LogP contribution in [-0.2, 0) is 4.74 Å². The first-order chi connectivity index (χ1) is 4.30. The third-order valence-corrected chi connectivity index (χ3v) is 1.27. The van der Waals surface area contributed by atoms with Crippen molar-refractivity contribution in [3.63, 3.8) is 0 Å². The first-order valence-corrected chi connectivity index (χ1v) is 2.84. The number of hydrogen-bond donors (Lipinski definition) is 0. The van der Waals surface area contributed by atoms with Crippen molar-refractivity contribution >= 4 is 6.09 Å². The fourth-order valence-electron chi connectivity index (χ4n) is 0.746. The van der Waals surface area contributed by atoms with Crippen molar-refractivity contribution in [3.8, 4) is 0 Å². The molecule has 0 aliphatic carbocycles. The zero-order valence-corrected chi connectivity index (χ0v) is 6.00. The van der Waals surface area contributed by atoms with Gasteiger partial charge in [-0.1, -0.05) is 0 Å². The molecule has 1 aliphatic heterocycles. The molecule has 0 radical (unpaired) electrons. The first kappa shape index (κ1) is 9.83. The van der Waals surface area contributed by atoms with Crippen LogP contribution in [0.25, 0.3) is 0 Å². The number of nitrogens with zero attached hydrogens (tertiary/aromatic N) is 1. The van der Waals surface area contributed by atoms with Crippen molar-refractivity contribution in [2.75, 3.05) is 26.3 Å². The van der Waals surface area contributed by atoms with Gasteiger partial charge >= 0.3 is 18.9 Å². The molecule has 1 aliphatic rings. The van der Waals surface area contributed by atoms with Gasteiger partial charge in [0.2, 0.25) is 0 Å². The van der Waals surface area contributed by atoms with Crippen LogP contribution in [0.1, 0.15) is 0 Å². The Balaban J connectivity index is 0.000000810. The fourth-order valence-corrected chi connectivity index (χ4v) is 0.746. The van der Waals surface area contributed by atoms with Gasteiger partial charge in [-0.15, -0.1) is 0 Å². The number of rotatable bonds is 0. The Morgan fingerprint density at radius 2 is 1.90 bits per heavy atom. The SMILES string of the molecule is O=C([O-])N1CCOCC1.[Li+]. The predicted molar refractivity (Wildman–Crippen MR) is 27.8 cm³/mol. The summed E-state index contributed by atoms with van der Waals surface area (Å²) >= 11 is 0. The van der Waals surface area contributed by atoms with E-state index in [1.807, 2.05) is 0 Å². The molecule has 5 heteroatoms. The average molecular weight is 137 g/mol. The minimum Gasteiger partial charge on any atom is -0.530 e. The van der Waals surface area contributed by atoms with Crippen LogP contribution in [0.15, 0.2) is 0 Å². The minimum absolute atomic E-state index is 0. The number of amides is 1. The van der Waals surface area contributed by atoms with Crippen LogP contribution >= 0.6 is 0 Å². The van der Waals surface area contributed by atoms with E-state index in [0.29, 0.717) is 26.3 Å². The van der Waals surface area contributed by atoms with Crippen LogP contribution in [0, 0.1) is 0 Å². The van der Waals surface area contributed by atoms with Gasteiger partial charge in [0.05, 0.1) is 13.2 Å². The Bertz CT molecular complexity index is 113. The molecule has 0 spiro atoms. The maximum absolute atomic E-state index is 10.1. The Morgan fingerprint density at radius 1 is 1.40 bits per heavy atom. The Labute approximate surface area is 71.3 Å². The molecule has 0 N–H and O–H groups in total.